The summed E-state index contributed by atoms with van der Waals surface area (Å²) in [6, 6.07) is 4.78. The van der Waals surface area contributed by atoms with Gasteiger partial charge < -0.3 is 9.73 Å². The Hall–Kier alpha value is -3.17. The Kier molecular flexibility index (Phi) is 4.02. The fourth-order valence-corrected chi connectivity index (χ4v) is 1.88. The number of H-pyrrole nitrogens is 1. The second-order valence-electron chi connectivity index (χ2n) is 4.76. The molecule has 0 atom stereocenters. The zero-order valence-electron chi connectivity index (χ0n) is 12.0. The first-order chi connectivity index (χ1) is 11.4. The Bertz CT molecular complexity index is 869. The minimum absolute atomic E-state index is 0.0642. The highest BCUT2D eigenvalue weighted by Gasteiger charge is 2.29. The highest BCUT2D eigenvalue weighted by atomic mass is 19.4. The Morgan fingerprint density at radius 2 is 1.79 bits per heavy atom. The predicted molar refractivity (Wildman–Crippen MR) is 76.9 cm³/mol. The quantitative estimate of drug-likeness (QED) is 0.759. The van der Waals surface area contributed by atoms with Crippen molar-refractivity contribution < 1.29 is 17.6 Å². The molecule has 0 spiro atoms. The van der Waals surface area contributed by atoms with E-state index in [4.69, 9.17) is 4.42 Å². The zero-order valence-corrected chi connectivity index (χ0v) is 12.0. The van der Waals surface area contributed by atoms with Crippen LogP contribution in [0, 0.1) is 0 Å². The van der Waals surface area contributed by atoms with E-state index in [9.17, 15) is 18.0 Å². The van der Waals surface area contributed by atoms with Crippen LogP contribution in [-0.4, -0.2) is 20.2 Å². The van der Waals surface area contributed by atoms with E-state index in [0.29, 0.717) is 11.1 Å². The van der Waals surface area contributed by atoms with E-state index in [-0.39, 0.29) is 18.4 Å². The molecule has 124 valence electrons. The number of hydrogen-bond acceptors (Lipinski definition) is 6. The average molecular weight is 337 g/mol. The second-order valence-corrected chi connectivity index (χ2v) is 4.76. The van der Waals surface area contributed by atoms with Crippen molar-refractivity contribution >= 4 is 5.95 Å². The maximum Gasteiger partial charge on any atom is 0.434 e. The summed E-state index contributed by atoms with van der Waals surface area (Å²) in [6.45, 7) is 0.259. The molecule has 0 aliphatic heterocycles. The summed E-state index contributed by atoms with van der Waals surface area (Å²) in [5.41, 5.74) is 0.356. The summed E-state index contributed by atoms with van der Waals surface area (Å²) in [4.78, 5) is 18.9. The maximum absolute atomic E-state index is 12.5. The fraction of sp³-hybridized carbons (Fsp3) is 0.143. The normalized spacial score (nSPS) is 11.5. The van der Waals surface area contributed by atoms with Crippen LogP contribution in [0.2, 0.25) is 0 Å². The van der Waals surface area contributed by atoms with Crippen LogP contribution < -0.4 is 11.1 Å². The second kappa shape index (κ2) is 6.14. The monoisotopic (exact) mass is 337 g/mol. The van der Waals surface area contributed by atoms with Gasteiger partial charge in [0.25, 0.3) is 5.89 Å². The molecular weight excluding hydrogens is 327 g/mol. The van der Waals surface area contributed by atoms with Crippen molar-refractivity contribution in [2.75, 3.05) is 5.32 Å². The SMILES string of the molecule is O=c1[nH]nc(-c2cnc(NCc3ccc(C(F)(F)F)cc3)nc2)o1. The predicted octanol–water partition coefficient (Wildman–Crippen LogP) is 2.45. The van der Waals surface area contributed by atoms with Crippen molar-refractivity contribution in [1.82, 2.24) is 20.2 Å². The van der Waals surface area contributed by atoms with E-state index in [1.165, 1.54) is 24.5 Å². The van der Waals surface area contributed by atoms with E-state index in [1.54, 1.807) is 0 Å². The lowest BCUT2D eigenvalue weighted by atomic mass is 10.1. The zero-order chi connectivity index (χ0) is 17.2. The molecule has 10 heteroatoms. The van der Waals surface area contributed by atoms with Gasteiger partial charge in [0, 0.05) is 18.9 Å². The van der Waals surface area contributed by atoms with Crippen molar-refractivity contribution in [3.05, 3.63) is 58.3 Å². The number of halogens is 3. The number of anilines is 1. The fourth-order valence-electron chi connectivity index (χ4n) is 1.88. The Morgan fingerprint density at radius 1 is 1.12 bits per heavy atom. The first-order valence-corrected chi connectivity index (χ1v) is 6.70. The van der Waals surface area contributed by atoms with Gasteiger partial charge in [-0.25, -0.2) is 19.9 Å². The van der Waals surface area contributed by atoms with Crippen LogP contribution in [0.25, 0.3) is 11.5 Å². The number of alkyl halides is 3. The number of nitrogens with zero attached hydrogens (tertiary/aromatic N) is 3. The Labute approximate surface area is 132 Å². The minimum Gasteiger partial charge on any atom is -0.388 e. The van der Waals surface area contributed by atoms with Gasteiger partial charge in [0.15, 0.2) is 0 Å². The molecule has 0 saturated carbocycles. The molecule has 2 aromatic heterocycles. The van der Waals surface area contributed by atoms with Gasteiger partial charge in [-0.2, -0.15) is 13.2 Å². The number of rotatable bonds is 4. The molecule has 2 N–H and O–H groups in total. The lowest BCUT2D eigenvalue weighted by Gasteiger charge is -2.08. The lowest BCUT2D eigenvalue weighted by molar-refractivity contribution is -0.137. The molecule has 0 fully saturated rings. The van der Waals surface area contributed by atoms with Crippen molar-refractivity contribution in [2.45, 2.75) is 12.7 Å². The molecule has 0 bridgehead atoms. The van der Waals surface area contributed by atoms with Crippen LogP contribution in [0.1, 0.15) is 11.1 Å². The molecule has 1 aromatic carbocycles. The highest BCUT2D eigenvalue weighted by molar-refractivity contribution is 5.50. The topological polar surface area (TPSA) is 96.7 Å². The van der Waals surface area contributed by atoms with Crippen LogP contribution in [0.5, 0.6) is 0 Å². The molecule has 0 aliphatic carbocycles. The molecule has 0 aliphatic rings. The lowest BCUT2D eigenvalue weighted by Crippen LogP contribution is -2.06. The van der Waals surface area contributed by atoms with Crippen LogP contribution >= 0.6 is 0 Å². The van der Waals surface area contributed by atoms with Crippen LogP contribution in [0.3, 0.4) is 0 Å². The van der Waals surface area contributed by atoms with E-state index in [1.807, 2.05) is 0 Å². The summed E-state index contributed by atoms with van der Waals surface area (Å²) < 4.78 is 42.2. The van der Waals surface area contributed by atoms with Crippen molar-refractivity contribution in [1.29, 1.82) is 0 Å². The number of nitrogens with one attached hydrogen (secondary N) is 2. The third kappa shape index (κ3) is 3.59. The van der Waals surface area contributed by atoms with E-state index >= 15 is 0 Å². The average Bonchev–Trinajstić information content (AvgIpc) is 2.99. The van der Waals surface area contributed by atoms with Gasteiger partial charge in [-0.3, -0.25) is 0 Å². The standard InChI is InChI=1S/C14H10F3N5O2/c15-14(16,17)10-3-1-8(2-4-10)5-18-12-19-6-9(7-20-12)11-21-22-13(23)24-11/h1-4,6-7H,5H2,(H,22,23)(H,18,19,20). The number of aromatic nitrogens is 4. The van der Waals surface area contributed by atoms with Gasteiger partial charge in [-0.05, 0) is 17.7 Å². The Morgan fingerprint density at radius 3 is 2.33 bits per heavy atom. The molecule has 0 amide bonds. The van der Waals surface area contributed by atoms with Gasteiger partial charge in [-0.15, -0.1) is 5.10 Å². The molecular formula is C14H10F3N5O2. The van der Waals surface area contributed by atoms with E-state index in [2.05, 4.69) is 25.5 Å². The first-order valence-electron chi connectivity index (χ1n) is 6.70. The molecule has 2 heterocycles. The van der Waals surface area contributed by atoms with Gasteiger partial charge in [-0.1, -0.05) is 12.1 Å². The van der Waals surface area contributed by atoms with Gasteiger partial charge in [0.05, 0.1) is 11.1 Å². The maximum atomic E-state index is 12.5. The van der Waals surface area contributed by atoms with Crippen molar-refractivity contribution in [3.8, 4) is 11.5 Å². The van der Waals surface area contributed by atoms with Crippen LogP contribution in [-0.2, 0) is 12.7 Å². The van der Waals surface area contributed by atoms with Gasteiger partial charge in [0.2, 0.25) is 5.95 Å². The van der Waals surface area contributed by atoms with E-state index < -0.39 is 17.5 Å². The molecule has 0 unspecified atom stereocenters. The molecule has 0 saturated heterocycles. The largest absolute Gasteiger partial charge is 0.434 e. The van der Waals surface area contributed by atoms with Gasteiger partial charge >= 0.3 is 11.9 Å². The number of hydrogen-bond donors (Lipinski definition) is 2. The van der Waals surface area contributed by atoms with Crippen LogP contribution in [0.4, 0.5) is 19.1 Å². The highest BCUT2D eigenvalue weighted by Crippen LogP contribution is 2.29. The summed E-state index contributed by atoms with van der Waals surface area (Å²) in [5.74, 6) is -0.347. The molecule has 3 rings (SSSR count). The smallest absolute Gasteiger partial charge is 0.388 e. The summed E-state index contributed by atoms with van der Waals surface area (Å²) in [6.07, 6.45) is -1.55. The van der Waals surface area contributed by atoms with Gasteiger partial charge in [0.1, 0.15) is 0 Å². The minimum atomic E-state index is -4.35. The first kappa shape index (κ1) is 15.7. The third-order valence-corrected chi connectivity index (χ3v) is 3.07. The van der Waals surface area contributed by atoms with Crippen molar-refractivity contribution in [2.24, 2.45) is 0 Å². The number of aromatic amines is 1. The Balaban J connectivity index is 1.63. The van der Waals surface area contributed by atoms with Crippen molar-refractivity contribution in [3.63, 3.8) is 0 Å². The summed E-state index contributed by atoms with van der Waals surface area (Å²) in [7, 11) is 0. The molecule has 0 radical (unpaired) electrons. The molecule has 7 nitrogen and oxygen atoms in total. The van der Waals surface area contributed by atoms with E-state index in [0.717, 1.165) is 12.1 Å². The molecule has 3 aromatic rings. The summed E-state index contributed by atoms with van der Waals surface area (Å²) in [5, 5.41) is 8.64. The van der Waals surface area contributed by atoms with Crippen LogP contribution in [0.15, 0.2) is 45.9 Å². The third-order valence-electron chi connectivity index (χ3n) is 3.07. The summed E-state index contributed by atoms with van der Waals surface area (Å²) >= 11 is 0. The molecule has 24 heavy (non-hydrogen) atoms. The number of benzene rings is 1.